The third-order valence-corrected chi connectivity index (χ3v) is 20.4. The van der Waals surface area contributed by atoms with Crippen molar-refractivity contribution in [3.05, 3.63) is 473 Å². The molecule has 0 saturated carbocycles. The van der Waals surface area contributed by atoms with Crippen molar-refractivity contribution in [2.75, 3.05) is 19.6 Å². The van der Waals surface area contributed by atoms with E-state index >= 15 is 0 Å². The minimum Gasteiger partial charge on any atom is -0.311 e. The van der Waals surface area contributed by atoms with Gasteiger partial charge >= 0.3 is 0 Å². The molecule has 18 aromatic carbocycles. The van der Waals surface area contributed by atoms with Crippen LogP contribution in [0.3, 0.4) is 0 Å². The van der Waals surface area contributed by atoms with Gasteiger partial charge in [-0.2, -0.15) is 0 Å². The third-order valence-electron chi connectivity index (χ3n) is 20.4. The minimum atomic E-state index is 1.10. The van der Waals surface area contributed by atoms with Crippen molar-refractivity contribution < 1.29 is 0 Å². The summed E-state index contributed by atoms with van der Waals surface area (Å²) in [6, 6.07) is 169. The molecule has 0 amide bonds. The van der Waals surface area contributed by atoms with Gasteiger partial charge in [-0.25, -0.2) is 0 Å². The Morgan fingerprint density at radius 3 is 0.436 bits per heavy atom. The molecular weight excluding hydrogens is 1330 g/mol. The number of rotatable bonds is 19. The van der Waals surface area contributed by atoms with Crippen molar-refractivity contribution in [2.45, 2.75) is 0 Å². The van der Waals surface area contributed by atoms with Crippen LogP contribution in [0.25, 0.3) is 88.7 Å². The molecule has 0 heterocycles. The number of fused-ring (bicyclic) bond motifs is 1. The van der Waals surface area contributed by atoms with Crippen molar-refractivity contribution in [1.82, 2.24) is 0 Å². The molecule has 0 radical (unpaired) electrons. The largest absolute Gasteiger partial charge is 0.311 e. The van der Waals surface area contributed by atoms with E-state index < -0.39 is 0 Å². The Labute approximate surface area is 645 Å². The van der Waals surface area contributed by atoms with Gasteiger partial charge in [0.2, 0.25) is 0 Å². The number of para-hydroxylation sites is 4. The molecule has 0 fully saturated rings. The van der Waals surface area contributed by atoms with Crippen LogP contribution in [0.2, 0.25) is 0 Å². The maximum atomic E-state index is 2.32. The molecule has 18 rings (SSSR count). The molecule has 0 atom stereocenters. The molecule has 0 bridgehead atoms. The Hall–Kier alpha value is -14.6. The highest BCUT2D eigenvalue weighted by molar-refractivity contribution is 5.91. The highest BCUT2D eigenvalue weighted by atomic mass is 15.2. The summed E-state index contributed by atoms with van der Waals surface area (Å²) in [7, 11) is 0. The van der Waals surface area contributed by atoms with Gasteiger partial charge in [0.05, 0.1) is 0 Å². The molecule has 110 heavy (non-hydrogen) atoms. The molecule has 0 spiro atoms. The second-order valence-corrected chi connectivity index (χ2v) is 27.3. The van der Waals surface area contributed by atoms with Gasteiger partial charge in [-0.1, -0.05) is 328 Å². The van der Waals surface area contributed by atoms with Crippen LogP contribution in [0, 0.1) is 0 Å². The van der Waals surface area contributed by atoms with Gasteiger partial charge in [0.15, 0.2) is 0 Å². The zero-order valence-corrected chi connectivity index (χ0v) is 60.8. The first kappa shape index (κ1) is 68.5. The number of nitrogens with zero attached hydrogens (tertiary/aromatic N) is 4. The second-order valence-electron chi connectivity index (χ2n) is 27.3. The summed E-state index contributed by atoms with van der Waals surface area (Å²) in [4.78, 5) is 9.26. The predicted octanol–water partition coefficient (Wildman–Crippen LogP) is 30.1. The van der Waals surface area contributed by atoms with E-state index in [1.54, 1.807) is 0 Å². The van der Waals surface area contributed by atoms with E-state index in [0.717, 1.165) is 68.2 Å². The molecule has 0 aromatic heterocycles. The van der Waals surface area contributed by atoms with Crippen LogP contribution in [-0.4, -0.2) is 0 Å². The zero-order chi connectivity index (χ0) is 73.6. The van der Waals surface area contributed by atoms with Crippen molar-refractivity contribution in [2.24, 2.45) is 0 Å². The molecular formula is C106H78N4. The SMILES string of the molecule is c1ccc(-c2ccc(-c3ccc(N(c4ccccc4)c4ccc(-c5ccc(N(c6ccccc6)c6ccc(-c7ccccc7)cc6)cc5)cc4)cc3)cc2)cc1.c1ccc(-c2ccc(-c3ccc(N(c4ccccc4)c4ccc(-c5ccc(N(c6ccccc6)c6ccc7ccccc7c6)cc5)cc4)cc3)cc2)cc1. The molecule has 0 aliphatic heterocycles. The lowest BCUT2D eigenvalue weighted by molar-refractivity contribution is 1.28. The van der Waals surface area contributed by atoms with Gasteiger partial charge in [0.1, 0.15) is 0 Å². The fourth-order valence-electron chi connectivity index (χ4n) is 14.6. The van der Waals surface area contributed by atoms with Crippen LogP contribution in [0.15, 0.2) is 473 Å². The molecule has 522 valence electrons. The lowest BCUT2D eigenvalue weighted by Crippen LogP contribution is -2.10. The Balaban J connectivity index is 0.000000160. The van der Waals surface area contributed by atoms with E-state index in [-0.39, 0.29) is 0 Å². The van der Waals surface area contributed by atoms with Crippen molar-refractivity contribution in [3.8, 4) is 77.9 Å². The smallest absolute Gasteiger partial charge is 0.0468 e. The standard InChI is InChI=1S/C54H40N2.C52H38N2/c1-5-13-41(14-6-1)43-21-23-44(24-22-43)46-27-35-52(36-28-46)56(50-19-11-4-12-20-50)54-39-31-48(32-40-54)47-29-37-53(38-30-47)55(49-17-9-3-10-18-49)51-33-25-45(26-34-51)42-15-7-2-8-16-42;1-4-12-39(13-5-1)41-20-22-42(23-21-41)43-24-31-49(32-25-43)53(47-16-6-2-7-17-47)50-33-26-44(27-34-50)45-28-35-51(36-29-45)54(48-18-8-3-9-19-48)52-37-30-40-14-10-11-15-46(40)38-52/h1-40H;1-38H. The summed E-state index contributed by atoms with van der Waals surface area (Å²) < 4.78 is 0. The third kappa shape index (κ3) is 15.4. The molecule has 18 aromatic rings. The first-order valence-electron chi connectivity index (χ1n) is 37.5. The average molecular weight is 1410 g/mol. The normalized spacial score (nSPS) is 10.9. The van der Waals surface area contributed by atoms with Gasteiger partial charge in [-0.3, -0.25) is 0 Å². The van der Waals surface area contributed by atoms with Crippen LogP contribution < -0.4 is 19.6 Å². The number of anilines is 12. The Bertz CT molecular complexity index is 5960. The quantitative estimate of drug-likeness (QED) is 0.0800. The molecule has 0 aliphatic carbocycles. The van der Waals surface area contributed by atoms with Crippen LogP contribution >= 0.6 is 0 Å². The molecule has 0 unspecified atom stereocenters. The van der Waals surface area contributed by atoms with Crippen molar-refractivity contribution in [3.63, 3.8) is 0 Å². The Morgan fingerprint density at radius 2 is 0.227 bits per heavy atom. The van der Waals surface area contributed by atoms with Gasteiger partial charge in [-0.15, -0.1) is 0 Å². The molecule has 0 N–H and O–H groups in total. The fourth-order valence-corrected chi connectivity index (χ4v) is 14.6. The lowest BCUT2D eigenvalue weighted by atomic mass is 10.00. The summed E-state index contributed by atoms with van der Waals surface area (Å²) in [5.41, 5.74) is 30.1. The summed E-state index contributed by atoms with van der Waals surface area (Å²) in [6.45, 7) is 0. The molecule has 0 aliphatic rings. The van der Waals surface area contributed by atoms with Gasteiger partial charge < -0.3 is 19.6 Å². The van der Waals surface area contributed by atoms with E-state index in [9.17, 15) is 0 Å². The average Bonchev–Trinajstić information content (AvgIpc) is 0.798. The zero-order valence-electron chi connectivity index (χ0n) is 60.8. The van der Waals surface area contributed by atoms with Crippen LogP contribution in [-0.2, 0) is 0 Å². The van der Waals surface area contributed by atoms with E-state index in [2.05, 4.69) is 493 Å². The number of benzene rings is 18. The van der Waals surface area contributed by atoms with Crippen LogP contribution in [0.4, 0.5) is 68.2 Å². The first-order chi connectivity index (χ1) is 54.5. The minimum absolute atomic E-state index is 1.10. The number of hydrogen-bond acceptors (Lipinski definition) is 4. The first-order valence-corrected chi connectivity index (χ1v) is 37.5. The van der Waals surface area contributed by atoms with Crippen LogP contribution in [0.1, 0.15) is 0 Å². The van der Waals surface area contributed by atoms with Gasteiger partial charge in [-0.05, 0) is 234 Å². The van der Waals surface area contributed by atoms with E-state index in [1.165, 1.54) is 88.7 Å². The number of hydrogen-bond donors (Lipinski definition) is 0. The Morgan fingerprint density at radius 1 is 0.0909 bits per heavy atom. The summed E-state index contributed by atoms with van der Waals surface area (Å²) in [5, 5.41) is 2.46. The topological polar surface area (TPSA) is 13.0 Å². The van der Waals surface area contributed by atoms with E-state index in [0.29, 0.717) is 0 Å². The predicted molar refractivity (Wildman–Crippen MR) is 467 cm³/mol. The summed E-state index contributed by atoms with van der Waals surface area (Å²) in [5.74, 6) is 0. The lowest BCUT2D eigenvalue weighted by Gasteiger charge is -2.26. The maximum absolute atomic E-state index is 2.32. The van der Waals surface area contributed by atoms with Crippen molar-refractivity contribution >= 4 is 79.0 Å². The van der Waals surface area contributed by atoms with Crippen molar-refractivity contribution in [1.29, 1.82) is 0 Å². The maximum Gasteiger partial charge on any atom is 0.0468 e. The van der Waals surface area contributed by atoms with Crippen LogP contribution in [0.5, 0.6) is 0 Å². The highest BCUT2D eigenvalue weighted by Crippen LogP contribution is 2.43. The van der Waals surface area contributed by atoms with Gasteiger partial charge in [0, 0.05) is 68.2 Å². The molecule has 4 heteroatoms. The van der Waals surface area contributed by atoms with E-state index in [4.69, 9.17) is 0 Å². The summed E-state index contributed by atoms with van der Waals surface area (Å²) >= 11 is 0. The van der Waals surface area contributed by atoms with Gasteiger partial charge in [0.25, 0.3) is 0 Å². The highest BCUT2D eigenvalue weighted by Gasteiger charge is 2.19. The summed E-state index contributed by atoms with van der Waals surface area (Å²) in [6.07, 6.45) is 0. The van der Waals surface area contributed by atoms with E-state index in [1.807, 2.05) is 0 Å². The monoisotopic (exact) mass is 1410 g/mol. The Kier molecular flexibility index (Phi) is 20.2. The molecule has 0 saturated heterocycles. The second kappa shape index (κ2) is 32.4. The molecule has 4 nitrogen and oxygen atoms in total. The fraction of sp³-hybridized carbons (Fsp3) is 0.